The van der Waals surface area contributed by atoms with E-state index in [1.165, 1.54) is 0 Å². The maximum atomic E-state index is 12.2. The SMILES string of the molecule is O=C(C1CCCO1)N(CCBr)CC(F)F. The van der Waals surface area contributed by atoms with Crippen LogP contribution in [0, 0.1) is 0 Å². The van der Waals surface area contributed by atoms with Gasteiger partial charge in [0.25, 0.3) is 12.3 Å². The third-order valence-electron chi connectivity index (χ3n) is 2.23. The zero-order valence-corrected chi connectivity index (χ0v) is 9.88. The zero-order chi connectivity index (χ0) is 11.3. The predicted octanol–water partition coefficient (Wildman–Crippen LogP) is 1.65. The Morgan fingerprint density at radius 2 is 2.33 bits per heavy atom. The monoisotopic (exact) mass is 285 g/mol. The second kappa shape index (κ2) is 6.37. The lowest BCUT2D eigenvalue weighted by Gasteiger charge is -2.24. The van der Waals surface area contributed by atoms with Crippen LogP contribution in [-0.4, -0.2) is 48.4 Å². The van der Waals surface area contributed by atoms with Crippen LogP contribution in [0.5, 0.6) is 0 Å². The number of rotatable bonds is 5. The summed E-state index contributed by atoms with van der Waals surface area (Å²) in [6, 6.07) is 0. The van der Waals surface area contributed by atoms with Crippen molar-refractivity contribution in [3.8, 4) is 0 Å². The summed E-state index contributed by atoms with van der Waals surface area (Å²) < 4.78 is 29.6. The molecule has 1 heterocycles. The zero-order valence-electron chi connectivity index (χ0n) is 8.29. The molecule has 0 aromatic carbocycles. The summed E-state index contributed by atoms with van der Waals surface area (Å²) in [4.78, 5) is 12.9. The van der Waals surface area contributed by atoms with E-state index in [9.17, 15) is 13.6 Å². The van der Waals surface area contributed by atoms with Crippen LogP contribution in [0.25, 0.3) is 0 Å². The number of carbonyl (C=O) groups excluding carboxylic acids is 1. The molecule has 0 spiro atoms. The second-order valence-corrected chi connectivity index (χ2v) is 4.16. The fourth-order valence-corrected chi connectivity index (χ4v) is 1.96. The Hall–Kier alpha value is -0.230. The van der Waals surface area contributed by atoms with Crippen LogP contribution in [0.15, 0.2) is 0 Å². The van der Waals surface area contributed by atoms with Gasteiger partial charge in [-0.3, -0.25) is 4.79 Å². The summed E-state index contributed by atoms with van der Waals surface area (Å²) in [5.41, 5.74) is 0. The number of carbonyl (C=O) groups is 1. The van der Waals surface area contributed by atoms with Crippen LogP contribution in [0.1, 0.15) is 12.8 Å². The van der Waals surface area contributed by atoms with Crippen molar-refractivity contribution in [1.82, 2.24) is 4.90 Å². The van der Waals surface area contributed by atoms with Crippen LogP contribution >= 0.6 is 15.9 Å². The standard InChI is InChI=1S/C9H14BrF2NO2/c10-3-4-13(6-8(11)12)9(14)7-2-1-5-15-7/h7-8H,1-6H2. The maximum absolute atomic E-state index is 12.2. The average molecular weight is 286 g/mol. The Labute approximate surface area is 95.9 Å². The summed E-state index contributed by atoms with van der Waals surface area (Å²) in [6.45, 7) is 0.334. The molecule has 0 aromatic heterocycles. The smallest absolute Gasteiger partial charge is 0.255 e. The molecule has 1 rings (SSSR count). The van der Waals surface area contributed by atoms with Crippen LogP contribution in [-0.2, 0) is 9.53 Å². The fourth-order valence-electron chi connectivity index (χ4n) is 1.54. The Kier molecular flexibility index (Phi) is 5.45. The molecule has 1 fully saturated rings. The van der Waals surface area contributed by atoms with E-state index >= 15 is 0 Å². The van der Waals surface area contributed by atoms with E-state index in [1.54, 1.807) is 0 Å². The molecule has 0 saturated carbocycles. The van der Waals surface area contributed by atoms with E-state index in [0.717, 1.165) is 11.3 Å². The lowest BCUT2D eigenvalue weighted by molar-refractivity contribution is -0.142. The molecule has 1 amide bonds. The van der Waals surface area contributed by atoms with Gasteiger partial charge in [-0.25, -0.2) is 8.78 Å². The Morgan fingerprint density at radius 1 is 1.60 bits per heavy atom. The Balaban J connectivity index is 2.49. The van der Waals surface area contributed by atoms with E-state index < -0.39 is 19.1 Å². The molecule has 0 radical (unpaired) electrons. The van der Waals surface area contributed by atoms with Gasteiger partial charge in [0.1, 0.15) is 6.10 Å². The number of nitrogens with zero attached hydrogens (tertiary/aromatic N) is 1. The van der Waals surface area contributed by atoms with Gasteiger partial charge in [-0.2, -0.15) is 0 Å². The quantitative estimate of drug-likeness (QED) is 0.719. The summed E-state index contributed by atoms with van der Waals surface area (Å²) in [5, 5.41) is 0.498. The predicted molar refractivity (Wildman–Crippen MR) is 55.4 cm³/mol. The molecule has 0 bridgehead atoms. The third kappa shape index (κ3) is 4.03. The molecule has 1 aliphatic rings. The summed E-state index contributed by atoms with van der Waals surface area (Å²) in [5.74, 6) is -0.313. The molecule has 0 aliphatic carbocycles. The number of ether oxygens (including phenoxy) is 1. The van der Waals surface area contributed by atoms with Gasteiger partial charge in [0.05, 0.1) is 6.54 Å². The number of hydrogen-bond donors (Lipinski definition) is 0. The van der Waals surface area contributed by atoms with Gasteiger partial charge < -0.3 is 9.64 Å². The van der Waals surface area contributed by atoms with Crippen molar-refractivity contribution in [1.29, 1.82) is 0 Å². The Bertz CT molecular complexity index is 210. The van der Waals surface area contributed by atoms with Crippen LogP contribution in [0.4, 0.5) is 8.78 Å². The minimum absolute atomic E-state index is 0.295. The lowest BCUT2D eigenvalue weighted by atomic mass is 10.2. The van der Waals surface area contributed by atoms with Crippen molar-refractivity contribution in [2.75, 3.05) is 25.0 Å². The first kappa shape index (κ1) is 12.8. The van der Waals surface area contributed by atoms with Crippen molar-refractivity contribution in [2.45, 2.75) is 25.4 Å². The third-order valence-corrected chi connectivity index (χ3v) is 2.58. The van der Waals surface area contributed by atoms with Gasteiger partial charge in [-0.1, -0.05) is 15.9 Å². The largest absolute Gasteiger partial charge is 0.368 e. The van der Waals surface area contributed by atoms with E-state index in [1.807, 2.05) is 0 Å². The van der Waals surface area contributed by atoms with Crippen molar-refractivity contribution in [3.05, 3.63) is 0 Å². The highest BCUT2D eigenvalue weighted by molar-refractivity contribution is 9.09. The highest BCUT2D eigenvalue weighted by Gasteiger charge is 2.29. The highest BCUT2D eigenvalue weighted by atomic mass is 79.9. The molecule has 1 aliphatic heterocycles. The molecule has 88 valence electrons. The maximum Gasteiger partial charge on any atom is 0.255 e. The van der Waals surface area contributed by atoms with Gasteiger partial charge in [0.2, 0.25) is 0 Å². The van der Waals surface area contributed by atoms with Crippen molar-refractivity contribution in [3.63, 3.8) is 0 Å². The molecule has 6 heteroatoms. The topological polar surface area (TPSA) is 29.5 Å². The minimum Gasteiger partial charge on any atom is -0.368 e. The van der Waals surface area contributed by atoms with E-state index in [0.29, 0.717) is 24.9 Å². The number of hydrogen-bond acceptors (Lipinski definition) is 2. The lowest BCUT2D eigenvalue weighted by Crippen LogP contribution is -2.42. The number of amides is 1. The molecule has 0 aromatic rings. The summed E-state index contributed by atoms with van der Waals surface area (Å²) in [7, 11) is 0. The first-order chi connectivity index (χ1) is 7.15. The highest BCUT2D eigenvalue weighted by Crippen LogP contribution is 2.15. The molecular formula is C9H14BrF2NO2. The van der Waals surface area contributed by atoms with Crippen LogP contribution < -0.4 is 0 Å². The average Bonchev–Trinajstić information content (AvgIpc) is 2.68. The van der Waals surface area contributed by atoms with Gasteiger partial charge >= 0.3 is 0 Å². The molecule has 1 atom stereocenters. The summed E-state index contributed by atoms with van der Waals surface area (Å²) >= 11 is 3.14. The van der Waals surface area contributed by atoms with E-state index in [-0.39, 0.29) is 5.91 Å². The molecule has 0 N–H and O–H groups in total. The van der Waals surface area contributed by atoms with Gasteiger partial charge in [-0.15, -0.1) is 0 Å². The van der Waals surface area contributed by atoms with Gasteiger partial charge in [-0.05, 0) is 12.8 Å². The number of halogens is 3. The first-order valence-corrected chi connectivity index (χ1v) is 6.01. The molecule has 15 heavy (non-hydrogen) atoms. The van der Waals surface area contributed by atoms with Crippen molar-refractivity contribution >= 4 is 21.8 Å². The van der Waals surface area contributed by atoms with Crippen molar-refractivity contribution < 1.29 is 18.3 Å². The van der Waals surface area contributed by atoms with Crippen LogP contribution in [0.2, 0.25) is 0 Å². The number of alkyl halides is 3. The van der Waals surface area contributed by atoms with Crippen LogP contribution in [0.3, 0.4) is 0 Å². The van der Waals surface area contributed by atoms with E-state index in [2.05, 4.69) is 15.9 Å². The molecule has 3 nitrogen and oxygen atoms in total. The summed E-state index contributed by atoms with van der Waals surface area (Å²) in [6.07, 6.45) is -1.54. The molecular weight excluding hydrogens is 272 g/mol. The molecule has 1 unspecified atom stereocenters. The normalized spacial score (nSPS) is 20.9. The fraction of sp³-hybridized carbons (Fsp3) is 0.889. The van der Waals surface area contributed by atoms with Crippen molar-refractivity contribution in [2.24, 2.45) is 0 Å². The van der Waals surface area contributed by atoms with E-state index in [4.69, 9.17) is 4.74 Å². The molecule has 1 saturated heterocycles. The van der Waals surface area contributed by atoms with Gasteiger partial charge in [0.15, 0.2) is 0 Å². The Morgan fingerprint density at radius 3 is 2.80 bits per heavy atom. The minimum atomic E-state index is -2.49. The van der Waals surface area contributed by atoms with Gasteiger partial charge in [0, 0.05) is 18.5 Å². The second-order valence-electron chi connectivity index (χ2n) is 3.37. The first-order valence-electron chi connectivity index (χ1n) is 4.89.